The number of hydrogen-bond donors (Lipinski definition) is 1. The number of carbonyl (C=O) groups is 1. The third-order valence-corrected chi connectivity index (χ3v) is 4.85. The lowest BCUT2D eigenvalue weighted by molar-refractivity contribution is -0.113. The molecule has 1 N–H and O–H groups in total. The monoisotopic (exact) mass is 319 g/mol. The van der Waals surface area contributed by atoms with Gasteiger partial charge in [0.25, 0.3) is 0 Å². The van der Waals surface area contributed by atoms with Crippen molar-refractivity contribution in [3.63, 3.8) is 0 Å². The Labute approximate surface area is 133 Å². The fourth-order valence-electron chi connectivity index (χ4n) is 2.56. The van der Waals surface area contributed by atoms with Crippen molar-refractivity contribution >= 4 is 23.5 Å². The highest BCUT2D eigenvalue weighted by atomic mass is 32.2. The van der Waals surface area contributed by atoms with E-state index in [-0.39, 0.29) is 17.0 Å². The normalized spacial score (nSPS) is 18.0. The minimum Gasteiger partial charge on any atom is -0.310 e. The zero-order chi connectivity index (χ0) is 15.7. The molecule has 0 saturated carbocycles. The van der Waals surface area contributed by atoms with Crippen LogP contribution >= 0.6 is 11.8 Å². The number of thioether (sulfide) groups is 1. The standard InChI is InChI=1S/C16H18FN3OS/c1-10(2)7-14-13-8-18-20(12-5-3-11(17)4-6-12)16(13)19-15(21)9-22-14/h3-6,8,10,14H,7,9H2,1-2H3,(H,19,21). The number of carbonyl (C=O) groups excluding carboxylic acids is 1. The van der Waals surface area contributed by atoms with Gasteiger partial charge in [-0.3, -0.25) is 4.79 Å². The second-order valence-corrected chi connectivity index (χ2v) is 7.01. The summed E-state index contributed by atoms with van der Waals surface area (Å²) >= 11 is 1.65. The van der Waals surface area contributed by atoms with E-state index < -0.39 is 0 Å². The lowest BCUT2D eigenvalue weighted by Gasteiger charge is -2.15. The third kappa shape index (κ3) is 3.02. The summed E-state index contributed by atoms with van der Waals surface area (Å²) in [6.07, 6.45) is 2.80. The zero-order valence-corrected chi connectivity index (χ0v) is 13.4. The Morgan fingerprint density at radius 2 is 2.14 bits per heavy atom. The average molecular weight is 319 g/mol. The van der Waals surface area contributed by atoms with Crippen LogP contribution in [0.2, 0.25) is 0 Å². The fourth-order valence-corrected chi connectivity index (χ4v) is 3.86. The van der Waals surface area contributed by atoms with Crippen molar-refractivity contribution in [2.75, 3.05) is 11.1 Å². The van der Waals surface area contributed by atoms with Gasteiger partial charge in [0, 0.05) is 10.8 Å². The van der Waals surface area contributed by atoms with Crippen LogP contribution in [0.3, 0.4) is 0 Å². The number of amides is 1. The zero-order valence-electron chi connectivity index (χ0n) is 12.5. The summed E-state index contributed by atoms with van der Waals surface area (Å²) in [6.45, 7) is 4.34. The van der Waals surface area contributed by atoms with Crippen LogP contribution < -0.4 is 5.32 Å². The molecule has 1 aromatic carbocycles. The first kappa shape index (κ1) is 15.1. The molecule has 116 valence electrons. The van der Waals surface area contributed by atoms with Crippen LogP contribution in [0.15, 0.2) is 30.5 Å². The van der Waals surface area contributed by atoms with Gasteiger partial charge in [0.1, 0.15) is 11.6 Å². The Kier molecular flexibility index (Phi) is 4.20. The molecule has 0 fully saturated rings. The minimum atomic E-state index is -0.292. The summed E-state index contributed by atoms with van der Waals surface area (Å²) in [5.41, 5.74) is 1.77. The number of anilines is 1. The molecular weight excluding hydrogens is 301 g/mol. The third-order valence-electron chi connectivity index (χ3n) is 3.57. The Hall–Kier alpha value is -1.82. The van der Waals surface area contributed by atoms with E-state index in [4.69, 9.17) is 0 Å². The molecule has 3 rings (SSSR count). The highest BCUT2D eigenvalue weighted by Crippen LogP contribution is 2.41. The highest BCUT2D eigenvalue weighted by molar-refractivity contribution is 8.00. The molecule has 1 unspecified atom stereocenters. The molecule has 1 aromatic heterocycles. The number of nitrogens with one attached hydrogen (secondary N) is 1. The van der Waals surface area contributed by atoms with E-state index in [1.165, 1.54) is 12.1 Å². The number of hydrogen-bond acceptors (Lipinski definition) is 3. The molecule has 2 aromatic rings. The van der Waals surface area contributed by atoms with Gasteiger partial charge < -0.3 is 5.32 Å². The van der Waals surface area contributed by atoms with Gasteiger partial charge in [-0.2, -0.15) is 5.10 Å². The molecule has 4 nitrogen and oxygen atoms in total. The average Bonchev–Trinajstić information content (AvgIpc) is 2.81. The first-order chi connectivity index (χ1) is 10.5. The van der Waals surface area contributed by atoms with E-state index >= 15 is 0 Å². The molecule has 0 saturated heterocycles. The molecule has 1 aliphatic rings. The van der Waals surface area contributed by atoms with Crippen LogP contribution in [0.1, 0.15) is 31.1 Å². The van der Waals surface area contributed by atoms with E-state index in [1.54, 1.807) is 28.6 Å². The van der Waals surface area contributed by atoms with Crippen molar-refractivity contribution in [2.24, 2.45) is 5.92 Å². The van der Waals surface area contributed by atoms with Gasteiger partial charge in [0.2, 0.25) is 5.91 Å². The van der Waals surface area contributed by atoms with Gasteiger partial charge in [-0.05, 0) is 36.6 Å². The van der Waals surface area contributed by atoms with Gasteiger partial charge in [0.05, 0.1) is 17.6 Å². The number of nitrogens with zero attached hydrogens (tertiary/aromatic N) is 2. The maximum absolute atomic E-state index is 13.1. The topological polar surface area (TPSA) is 46.9 Å². The second-order valence-electron chi connectivity index (χ2n) is 5.81. The highest BCUT2D eigenvalue weighted by Gasteiger charge is 2.27. The van der Waals surface area contributed by atoms with Gasteiger partial charge in [-0.1, -0.05) is 13.8 Å². The van der Waals surface area contributed by atoms with E-state index in [0.717, 1.165) is 17.7 Å². The van der Waals surface area contributed by atoms with Crippen molar-refractivity contribution < 1.29 is 9.18 Å². The molecular formula is C16H18FN3OS. The minimum absolute atomic E-state index is 0.0265. The number of halogens is 1. The maximum Gasteiger partial charge on any atom is 0.235 e. The first-order valence-corrected chi connectivity index (χ1v) is 8.35. The molecule has 6 heteroatoms. The van der Waals surface area contributed by atoms with Crippen LogP contribution in [0.5, 0.6) is 0 Å². The molecule has 2 heterocycles. The summed E-state index contributed by atoms with van der Waals surface area (Å²) in [7, 11) is 0. The maximum atomic E-state index is 13.1. The van der Waals surface area contributed by atoms with Crippen molar-refractivity contribution in [3.05, 3.63) is 41.8 Å². The molecule has 1 amide bonds. The second kappa shape index (κ2) is 6.12. The number of aromatic nitrogens is 2. The largest absolute Gasteiger partial charge is 0.310 e. The summed E-state index contributed by atoms with van der Waals surface area (Å²) in [5, 5.41) is 7.57. The van der Waals surface area contributed by atoms with Crippen LogP contribution in [0.4, 0.5) is 10.2 Å². The number of benzene rings is 1. The fraction of sp³-hybridized carbons (Fsp3) is 0.375. The quantitative estimate of drug-likeness (QED) is 0.936. The van der Waals surface area contributed by atoms with Crippen LogP contribution in [-0.2, 0) is 4.79 Å². The van der Waals surface area contributed by atoms with Gasteiger partial charge >= 0.3 is 0 Å². The first-order valence-electron chi connectivity index (χ1n) is 7.30. The summed E-state index contributed by atoms with van der Waals surface area (Å²) in [4.78, 5) is 12.0. The van der Waals surface area contributed by atoms with E-state index in [9.17, 15) is 9.18 Å². The SMILES string of the molecule is CC(C)CC1SCC(=O)Nc2c1cnn2-c1ccc(F)cc1. The Bertz CT molecular complexity index is 681. The Morgan fingerprint density at radius 3 is 2.82 bits per heavy atom. The number of fused-ring (bicyclic) bond motifs is 1. The lowest BCUT2D eigenvalue weighted by Crippen LogP contribution is -2.15. The van der Waals surface area contributed by atoms with E-state index in [2.05, 4.69) is 24.3 Å². The van der Waals surface area contributed by atoms with Crippen molar-refractivity contribution in [3.8, 4) is 5.69 Å². The van der Waals surface area contributed by atoms with E-state index in [1.807, 2.05) is 6.20 Å². The predicted molar refractivity (Wildman–Crippen MR) is 86.8 cm³/mol. The van der Waals surface area contributed by atoms with Crippen molar-refractivity contribution in [1.82, 2.24) is 9.78 Å². The molecule has 1 atom stereocenters. The van der Waals surface area contributed by atoms with Crippen LogP contribution in [-0.4, -0.2) is 21.4 Å². The van der Waals surface area contributed by atoms with E-state index in [0.29, 0.717) is 17.5 Å². The van der Waals surface area contributed by atoms with Crippen molar-refractivity contribution in [1.29, 1.82) is 0 Å². The van der Waals surface area contributed by atoms with Crippen LogP contribution in [0.25, 0.3) is 5.69 Å². The Balaban J connectivity index is 2.03. The van der Waals surface area contributed by atoms with Crippen LogP contribution in [0, 0.1) is 11.7 Å². The molecule has 0 bridgehead atoms. The Morgan fingerprint density at radius 1 is 1.41 bits per heavy atom. The van der Waals surface area contributed by atoms with Gasteiger partial charge in [-0.15, -0.1) is 11.8 Å². The summed E-state index contributed by atoms with van der Waals surface area (Å²) in [5.74, 6) is 1.36. The molecule has 1 aliphatic heterocycles. The summed E-state index contributed by atoms with van der Waals surface area (Å²) < 4.78 is 14.8. The molecule has 0 aliphatic carbocycles. The number of rotatable bonds is 3. The molecule has 0 spiro atoms. The molecule has 22 heavy (non-hydrogen) atoms. The summed E-state index contributed by atoms with van der Waals surface area (Å²) in [6, 6.07) is 6.10. The molecule has 0 radical (unpaired) electrons. The predicted octanol–water partition coefficient (Wildman–Crippen LogP) is 3.78. The smallest absolute Gasteiger partial charge is 0.235 e. The van der Waals surface area contributed by atoms with Gasteiger partial charge in [0.15, 0.2) is 0 Å². The lowest BCUT2D eigenvalue weighted by atomic mass is 10.0. The van der Waals surface area contributed by atoms with Crippen molar-refractivity contribution in [2.45, 2.75) is 25.5 Å². The van der Waals surface area contributed by atoms with Gasteiger partial charge in [-0.25, -0.2) is 9.07 Å².